The Morgan fingerprint density at radius 3 is 2.53 bits per heavy atom. The van der Waals surface area contributed by atoms with Crippen LogP contribution in [0.15, 0.2) is 46.0 Å². The molecule has 1 heterocycles. The van der Waals surface area contributed by atoms with Crippen LogP contribution >= 0.6 is 11.6 Å². The van der Waals surface area contributed by atoms with Crippen molar-refractivity contribution in [3.63, 3.8) is 0 Å². The fraction of sp³-hybridized carbons (Fsp3) is 0.158. The molecule has 0 aliphatic carbocycles. The van der Waals surface area contributed by atoms with Crippen LogP contribution in [0.2, 0.25) is 5.02 Å². The van der Waals surface area contributed by atoms with Crippen LogP contribution in [0.25, 0.3) is 5.69 Å². The van der Waals surface area contributed by atoms with Crippen molar-refractivity contribution in [3.8, 4) is 11.6 Å². The van der Waals surface area contributed by atoms with Crippen LogP contribution < -0.4 is 21.3 Å². The smallest absolute Gasteiger partial charge is 0.352 e. The standard InChI is InChI=1S/C19H15ClF2N4O4/c1-10(27)23-16-8-12(4-6-14(16)21)26-19(29)25(18(28)17(24-26)30-2)9-11-3-5-13(20)15(22)7-11/h3-8H,9H2,1-2H3,(H,23,27). The third kappa shape index (κ3) is 4.23. The van der Waals surface area contributed by atoms with Gasteiger partial charge in [-0.2, -0.15) is 4.68 Å². The summed E-state index contributed by atoms with van der Waals surface area (Å²) in [6.07, 6.45) is 0. The third-order valence-electron chi connectivity index (χ3n) is 4.05. The predicted molar refractivity (Wildman–Crippen MR) is 105 cm³/mol. The summed E-state index contributed by atoms with van der Waals surface area (Å²) in [6.45, 7) is 0.912. The van der Waals surface area contributed by atoms with E-state index in [2.05, 4.69) is 10.4 Å². The van der Waals surface area contributed by atoms with Crippen LogP contribution in [0.5, 0.6) is 5.88 Å². The second-order valence-electron chi connectivity index (χ2n) is 6.19. The van der Waals surface area contributed by atoms with E-state index >= 15 is 0 Å². The van der Waals surface area contributed by atoms with E-state index in [4.69, 9.17) is 16.3 Å². The maximum absolute atomic E-state index is 13.9. The second kappa shape index (κ2) is 8.46. The number of benzene rings is 2. The Kier molecular flexibility index (Phi) is 5.97. The van der Waals surface area contributed by atoms with Crippen LogP contribution in [0.3, 0.4) is 0 Å². The quantitative estimate of drug-likeness (QED) is 0.662. The van der Waals surface area contributed by atoms with Gasteiger partial charge in [0.05, 0.1) is 30.1 Å². The number of halogens is 3. The number of nitrogens with one attached hydrogen (secondary N) is 1. The molecule has 0 saturated heterocycles. The molecule has 11 heteroatoms. The average Bonchev–Trinajstić information content (AvgIpc) is 2.69. The molecule has 8 nitrogen and oxygen atoms in total. The topological polar surface area (TPSA) is 95.2 Å². The van der Waals surface area contributed by atoms with Crippen molar-refractivity contribution in [2.75, 3.05) is 12.4 Å². The molecule has 1 N–H and O–H groups in total. The Morgan fingerprint density at radius 2 is 1.90 bits per heavy atom. The normalized spacial score (nSPS) is 10.7. The molecule has 0 unspecified atom stereocenters. The number of nitrogens with zero attached hydrogens (tertiary/aromatic N) is 3. The molecule has 1 aromatic heterocycles. The van der Waals surface area contributed by atoms with Gasteiger partial charge in [0.25, 0.3) is 5.88 Å². The minimum atomic E-state index is -0.878. The molecule has 0 radical (unpaired) electrons. The van der Waals surface area contributed by atoms with E-state index in [0.717, 1.165) is 21.4 Å². The van der Waals surface area contributed by atoms with E-state index < -0.39 is 34.7 Å². The lowest BCUT2D eigenvalue weighted by molar-refractivity contribution is -0.114. The monoisotopic (exact) mass is 436 g/mol. The van der Waals surface area contributed by atoms with Gasteiger partial charge >= 0.3 is 11.2 Å². The summed E-state index contributed by atoms with van der Waals surface area (Å²) >= 11 is 5.66. The van der Waals surface area contributed by atoms with E-state index in [-0.39, 0.29) is 22.9 Å². The Bertz CT molecular complexity index is 1260. The Hall–Kier alpha value is -3.53. The van der Waals surface area contributed by atoms with Crippen molar-refractivity contribution in [2.24, 2.45) is 0 Å². The zero-order chi connectivity index (χ0) is 22.0. The molecule has 156 valence electrons. The first-order chi connectivity index (χ1) is 14.2. The van der Waals surface area contributed by atoms with Crippen molar-refractivity contribution in [1.82, 2.24) is 14.3 Å². The molecular weight excluding hydrogens is 422 g/mol. The summed E-state index contributed by atoms with van der Waals surface area (Å²) in [7, 11) is 1.19. The van der Waals surface area contributed by atoms with Crippen LogP contribution in [-0.2, 0) is 11.3 Å². The number of carbonyl (C=O) groups excluding carboxylic acids is 1. The number of hydrogen-bond donors (Lipinski definition) is 1. The number of amides is 1. The summed E-state index contributed by atoms with van der Waals surface area (Å²) in [5.41, 5.74) is -1.52. The Labute approximate surface area is 173 Å². The molecular formula is C19H15ClF2N4O4. The maximum Gasteiger partial charge on any atom is 0.352 e. The molecule has 3 rings (SSSR count). The van der Waals surface area contributed by atoms with Gasteiger partial charge < -0.3 is 10.1 Å². The van der Waals surface area contributed by atoms with Crippen molar-refractivity contribution in [2.45, 2.75) is 13.5 Å². The summed E-state index contributed by atoms with van der Waals surface area (Å²) in [6, 6.07) is 7.31. The second-order valence-corrected chi connectivity index (χ2v) is 6.60. The number of rotatable bonds is 5. The maximum atomic E-state index is 13.9. The summed E-state index contributed by atoms with van der Waals surface area (Å²) < 4.78 is 34.3. The molecule has 3 aromatic rings. The largest absolute Gasteiger partial charge is 0.476 e. The van der Waals surface area contributed by atoms with Gasteiger partial charge in [-0.3, -0.25) is 9.59 Å². The highest BCUT2D eigenvalue weighted by molar-refractivity contribution is 6.30. The van der Waals surface area contributed by atoms with Gasteiger partial charge in [-0.1, -0.05) is 17.7 Å². The van der Waals surface area contributed by atoms with Gasteiger partial charge in [0, 0.05) is 6.92 Å². The number of hydrogen-bond acceptors (Lipinski definition) is 5. The molecule has 30 heavy (non-hydrogen) atoms. The fourth-order valence-electron chi connectivity index (χ4n) is 2.68. The Balaban J connectivity index is 2.16. The van der Waals surface area contributed by atoms with Gasteiger partial charge in [0.15, 0.2) is 0 Å². The first kappa shape index (κ1) is 21.2. The number of anilines is 1. The van der Waals surface area contributed by atoms with Gasteiger partial charge in [-0.25, -0.2) is 18.1 Å². The number of methoxy groups -OCH3 is 1. The van der Waals surface area contributed by atoms with Gasteiger partial charge in [0.2, 0.25) is 5.91 Å². The first-order valence-electron chi connectivity index (χ1n) is 8.51. The number of carbonyl (C=O) groups is 1. The summed E-state index contributed by atoms with van der Waals surface area (Å²) in [5.74, 6) is -2.35. The molecule has 0 saturated carbocycles. The minimum absolute atomic E-state index is 0.0690. The zero-order valence-electron chi connectivity index (χ0n) is 15.8. The van der Waals surface area contributed by atoms with E-state index in [0.29, 0.717) is 5.56 Å². The molecule has 0 spiro atoms. The van der Waals surface area contributed by atoms with E-state index in [9.17, 15) is 23.2 Å². The van der Waals surface area contributed by atoms with E-state index in [1.165, 1.54) is 38.3 Å². The third-order valence-corrected chi connectivity index (χ3v) is 4.36. The van der Waals surface area contributed by atoms with E-state index in [1.54, 1.807) is 0 Å². The molecule has 2 aromatic carbocycles. The predicted octanol–water partition coefficient (Wildman–Crippen LogP) is 2.34. The summed E-state index contributed by atoms with van der Waals surface area (Å²) in [5, 5.41) is 6.06. The van der Waals surface area contributed by atoms with Crippen LogP contribution in [0, 0.1) is 11.6 Å². The highest BCUT2D eigenvalue weighted by Crippen LogP contribution is 2.19. The lowest BCUT2D eigenvalue weighted by Crippen LogP contribution is -2.41. The SMILES string of the molecule is COc1nn(-c2ccc(F)c(NC(C)=O)c2)c(=O)n(Cc2ccc(Cl)c(F)c2)c1=O. The van der Waals surface area contributed by atoms with Crippen molar-refractivity contribution >= 4 is 23.2 Å². The minimum Gasteiger partial charge on any atom is -0.476 e. The number of aromatic nitrogens is 3. The highest BCUT2D eigenvalue weighted by Gasteiger charge is 2.17. The number of ether oxygens (including phenoxy) is 1. The lowest BCUT2D eigenvalue weighted by Gasteiger charge is -2.13. The van der Waals surface area contributed by atoms with Gasteiger partial charge in [0.1, 0.15) is 11.6 Å². The molecule has 0 aliphatic heterocycles. The lowest BCUT2D eigenvalue weighted by atomic mass is 10.2. The van der Waals surface area contributed by atoms with Crippen molar-refractivity contribution < 1.29 is 18.3 Å². The molecule has 1 amide bonds. The van der Waals surface area contributed by atoms with Crippen LogP contribution in [0.4, 0.5) is 14.5 Å². The van der Waals surface area contributed by atoms with Crippen molar-refractivity contribution in [3.05, 3.63) is 79.5 Å². The molecule has 0 atom stereocenters. The molecule has 0 aliphatic rings. The Morgan fingerprint density at radius 1 is 1.17 bits per heavy atom. The zero-order valence-corrected chi connectivity index (χ0v) is 16.5. The highest BCUT2D eigenvalue weighted by atomic mass is 35.5. The average molecular weight is 437 g/mol. The first-order valence-corrected chi connectivity index (χ1v) is 8.88. The fourth-order valence-corrected chi connectivity index (χ4v) is 2.80. The molecule has 0 bridgehead atoms. The van der Waals surface area contributed by atoms with E-state index in [1.807, 2.05) is 0 Å². The van der Waals surface area contributed by atoms with Crippen LogP contribution in [-0.4, -0.2) is 27.4 Å². The van der Waals surface area contributed by atoms with Gasteiger partial charge in [-0.05, 0) is 35.9 Å². The summed E-state index contributed by atoms with van der Waals surface area (Å²) in [4.78, 5) is 36.8. The van der Waals surface area contributed by atoms with Crippen LogP contribution in [0.1, 0.15) is 12.5 Å². The molecule has 0 fully saturated rings. The van der Waals surface area contributed by atoms with Crippen molar-refractivity contribution in [1.29, 1.82) is 0 Å². The van der Waals surface area contributed by atoms with Gasteiger partial charge in [-0.15, -0.1) is 5.10 Å².